The third kappa shape index (κ3) is 8.20. The van der Waals surface area contributed by atoms with Crippen molar-refractivity contribution in [1.29, 1.82) is 0 Å². The van der Waals surface area contributed by atoms with Gasteiger partial charge in [0.15, 0.2) is 0 Å². The monoisotopic (exact) mass is 588 g/mol. The van der Waals surface area contributed by atoms with Gasteiger partial charge in [-0.1, -0.05) is 54.2 Å². The molecule has 0 aliphatic heterocycles. The molecule has 160 valence electrons. The Morgan fingerprint density at radius 1 is 1.00 bits per heavy atom. The van der Waals surface area contributed by atoms with E-state index in [0.717, 1.165) is 4.47 Å². The fourth-order valence-corrected chi connectivity index (χ4v) is 3.23. The van der Waals surface area contributed by atoms with E-state index in [-0.39, 0.29) is 45.2 Å². The van der Waals surface area contributed by atoms with Crippen molar-refractivity contribution in [2.24, 2.45) is 7.05 Å². The number of hydrogen-bond acceptors (Lipinski definition) is 0. The van der Waals surface area contributed by atoms with Gasteiger partial charge in [0, 0.05) is 17.0 Å². The fraction of sp³-hybridized carbons (Fsp3) is 0.227. The summed E-state index contributed by atoms with van der Waals surface area (Å²) in [7, 11) is 2.13. The second-order valence-corrected chi connectivity index (χ2v) is 7.88. The van der Waals surface area contributed by atoms with E-state index in [2.05, 4.69) is 83.0 Å². The van der Waals surface area contributed by atoms with Crippen LogP contribution in [-0.2, 0) is 30.4 Å². The van der Waals surface area contributed by atoms with Crippen molar-refractivity contribution in [1.82, 2.24) is 4.57 Å². The molecule has 0 aliphatic rings. The Balaban J connectivity index is -0.000000549. The van der Waals surface area contributed by atoms with E-state index in [1.54, 1.807) is 0 Å². The van der Waals surface area contributed by atoms with E-state index in [0.29, 0.717) is 0 Å². The second-order valence-electron chi connectivity index (χ2n) is 6.96. The van der Waals surface area contributed by atoms with E-state index >= 15 is 0 Å². The number of nitrogens with one attached hydrogen (secondary N) is 1. The predicted molar refractivity (Wildman–Crippen MR) is 138 cm³/mol. The number of aryl methyl sites for hydroxylation is 1. The molecular weight excluding hydrogens is 562 g/mol. The summed E-state index contributed by atoms with van der Waals surface area (Å²) < 4.78 is 3.40. The van der Waals surface area contributed by atoms with E-state index in [4.69, 9.17) is 5.73 Å². The van der Waals surface area contributed by atoms with Crippen LogP contribution in [0.1, 0.15) is 20.8 Å². The molecule has 4 rings (SSSR count). The predicted octanol–water partition coefficient (Wildman–Crippen LogP) is 8.16. The van der Waals surface area contributed by atoms with Gasteiger partial charge < -0.3 is 25.2 Å². The van der Waals surface area contributed by atoms with Crippen molar-refractivity contribution in [2.45, 2.75) is 26.3 Å². The van der Waals surface area contributed by atoms with Gasteiger partial charge in [0.05, 0.1) is 0 Å². The first-order valence-electron chi connectivity index (χ1n) is 7.98. The quantitative estimate of drug-likeness (QED) is 0.146. The first-order valence-corrected chi connectivity index (χ1v) is 13.0. The van der Waals surface area contributed by atoms with Crippen LogP contribution >= 0.6 is 40.7 Å². The zero-order chi connectivity index (χ0) is 18.8. The Morgan fingerprint density at radius 3 is 2.07 bits per heavy atom. The number of aromatic nitrogens is 1. The topological polar surface area (TPSA) is 28.7 Å². The molecule has 4 aromatic rings. The first kappa shape index (κ1) is 33.6. The van der Waals surface area contributed by atoms with E-state index < -0.39 is 0 Å². The third-order valence-corrected chi connectivity index (χ3v) is 4.22. The van der Waals surface area contributed by atoms with Crippen molar-refractivity contribution >= 4 is 80.2 Å². The molecule has 0 fully saturated rings. The normalized spacial score (nSPS) is 9.55. The maximum atomic E-state index is 6.94. The van der Waals surface area contributed by atoms with Crippen molar-refractivity contribution in [3.63, 3.8) is 0 Å². The minimum atomic E-state index is -0.250. The van der Waals surface area contributed by atoms with Gasteiger partial charge >= 0.3 is 30.2 Å². The molecule has 0 unspecified atom stereocenters. The summed E-state index contributed by atoms with van der Waals surface area (Å²) in [5.41, 5.74) is 9.27. The van der Waals surface area contributed by atoms with Crippen molar-refractivity contribution in [3.05, 3.63) is 73.6 Å². The standard InChI is InChI=1S/C16H11BrN.C4H10N.2CH3.2ClH.Si.Zr/c1-18-14-9-11(17)6-7-13(14)16-12-5-3-2-4-10(12)8-15(16)18;1-4(2,3)5;;;;;;/h2-9H,1H3;5H,1-3H3;2*1H3;2*1H;;/q4*-1;;;;. The number of hydrogen-bond donors (Lipinski definition) is 0. The summed E-state index contributed by atoms with van der Waals surface area (Å²) in [5, 5.41) is 5.37. The van der Waals surface area contributed by atoms with Crippen LogP contribution in [0, 0.1) is 14.9 Å². The summed E-state index contributed by atoms with van der Waals surface area (Å²) in [6, 6.07) is 17.4. The molecule has 29 heavy (non-hydrogen) atoms. The maximum absolute atomic E-state index is 6.94. The molecule has 1 heterocycles. The molecule has 2 radical (unpaired) electrons. The van der Waals surface area contributed by atoms with Crippen LogP contribution in [0.4, 0.5) is 0 Å². The van der Waals surface area contributed by atoms with E-state index in [1.807, 2.05) is 20.8 Å². The number of halogens is 3. The molecule has 0 amide bonds. The van der Waals surface area contributed by atoms with Crippen LogP contribution in [0.15, 0.2) is 53.0 Å². The molecule has 2 nitrogen and oxygen atoms in total. The van der Waals surface area contributed by atoms with Crippen LogP contribution in [-0.4, -0.2) is 17.0 Å². The Bertz CT molecular complexity index is 1020. The summed E-state index contributed by atoms with van der Waals surface area (Å²) in [4.78, 5) is 0. The number of rotatable bonds is 0. The van der Waals surface area contributed by atoms with Crippen LogP contribution in [0.5, 0.6) is 0 Å². The van der Waals surface area contributed by atoms with Gasteiger partial charge in [0.1, 0.15) is 0 Å². The number of fused-ring (bicyclic) bond motifs is 5. The molecule has 0 atom stereocenters. The molecule has 0 saturated carbocycles. The average molecular weight is 592 g/mol. The second kappa shape index (κ2) is 14.1. The first-order chi connectivity index (χ1) is 11.8. The molecule has 3 aromatic carbocycles. The van der Waals surface area contributed by atoms with Gasteiger partial charge in [-0.05, 0) is 23.0 Å². The van der Waals surface area contributed by atoms with Gasteiger partial charge in [-0.15, -0.1) is 65.4 Å². The zero-order valence-electron chi connectivity index (χ0n) is 17.8. The van der Waals surface area contributed by atoms with Crippen molar-refractivity contribution < 1.29 is 23.3 Å². The van der Waals surface area contributed by atoms with Crippen molar-refractivity contribution in [3.8, 4) is 0 Å². The van der Waals surface area contributed by atoms with Crippen LogP contribution in [0.3, 0.4) is 0 Å². The minimum absolute atomic E-state index is 0. The third-order valence-electron chi connectivity index (χ3n) is 3.73. The molecule has 7 heteroatoms. The Labute approximate surface area is 213 Å². The van der Waals surface area contributed by atoms with Crippen LogP contribution < -0.4 is 0 Å². The molecule has 1 N–H and O–H groups in total. The molecule has 0 spiro atoms. The van der Waals surface area contributed by atoms with Gasteiger partial charge in [0.25, 0.3) is 0 Å². The molecule has 0 bridgehead atoms. The van der Waals surface area contributed by atoms with E-state index in [1.165, 1.54) is 55.9 Å². The molecular formula is C22H29BrCl2N2SiZr-4. The Hall–Kier alpha value is -0.0300. The van der Waals surface area contributed by atoms with Crippen molar-refractivity contribution in [2.75, 3.05) is 0 Å². The van der Waals surface area contributed by atoms with Gasteiger partial charge in [-0.3, -0.25) is 0 Å². The summed E-state index contributed by atoms with van der Waals surface area (Å²) in [5.74, 6) is 0. The number of nitrogens with zero attached hydrogens (tertiary/aromatic N) is 1. The number of benzene rings is 2. The average Bonchev–Trinajstić information content (AvgIpc) is 3.05. The van der Waals surface area contributed by atoms with Gasteiger partial charge in [-0.2, -0.15) is 0 Å². The molecule has 1 aromatic heterocycles. The Morgan fingerprint density at radius 2 is 1.52 bits per heavy atom. The van der Waals surface area contributed by atoms with Gasteiger partial charge in [0.2, 0.25) is 0 Å². The van der Waals surface area contributed by atoms with Crippen LogP contribution in [0.25, 0.3) is 38.3 Å². The summed E-state index contributed by atoms with van der Waals surface area (Å²) >= 11 is 4.90. The summed E-state index contributed by atoms with van der Waals surface area (Å²) in [6.07, 6.45) is 0. The van der Waals surface area contributed by atoms with Crippen LogP contribution in [0.2, 0.25) is 0 Å². The zero-order valence-corrected chi connectivity index (χ0v) is 24.4. The fourth-order valence-electron chi connectivity index (χ4n) is 2.88. The van der Waals surface area contributed by atoms with E-state index in [9.17, 15) is 0 Å². The SMILES string of the molecule is CC(C)(C)[NH-].Cl.Cl.Cn1c2cc(Br)ccc2c2c3ccccc3[cH-]c21.[CH3-].[CH3-].[Si]=[Zr]. The Kier molecular flexibility index (Phi) is 16.4. The van der Waals surface area contributed by atoms with Gasteiger partial charge in [-0.25, -0.2) is 0 Å². The molecule has 0 saturated heterocycles. The summed E-state index contributed by atoms with van der Waals surface area (Å²) in [6.45, 7) is 8.62. The molecule has 0 aliphatic carbocycles.